The minimum atomic E-state index is -1.38. The Bertz CT molecular complexity index is 213. The predicted molar refractivity (Wildman–Crippen MR) is 82.7 cm³/mol. The van der Waals surface area contributed by atoms with Crippen LogP contribution in [0.5, 0.6) is 0 Å². The van der Waals surface area contributed by atoms with Crippen molar-refractivity contribution in [1.82, 2.24) is 4.23 Å². The molecule has 1 unspecified atom stereocenters. The highest BCUT2D eigenvalue weighted by molar-refractivity contribution is 6.91. The van der Waals surface area contributed by atoms with E-state index in [1.54, 1.807) is 0 Å². The zero-order chi connectivity index (χ0) is 13.2. The van der Waals surface area contributed by atoms with E-state index >= 15 is 0 Å². The molecule has 6 heteroatoms. The van der Waals surface area contributed by atoms with Gasteiger partial charge in [-0.25, -0.2) is 0 Å². The second-order valence-corrected chi connectivity index (χ2v) is 17.6. The van der Waals surface area contributed by atoms with E-state index in [1.165, 1.54) is 0 Å². The number of hydrogen-bond acceptors (Lipinski definition) is 2. The van der Waals surface area contributed by atoms with Gasteiger partial charge >= 0.3 is 0 Å². The van der Waals surface area contributed by atoms with Gasteiger partial charge in [0, 0.05) is 0 Å². The summed E-state index contributed by atoms with van der Waals surface area (Å²) in [5, 5.41) is 0. The standard InChI is InChI=1S/C10H28ClNOSi3/c1-9-10(2,13-14-11)12(15(3,4)5)16(6,7)8/h9,14H2,1-8H3. The molecule has 0 bridgehead atoms. The SMILES string of the molecule is CCC(C)(O[SiH2]Cl)N([Si](C)(C)C)[Si](C)(C)C. The monoisotopic (exact) mass is 297 g/mol. The lowest BCUT2D eigenvalue weighted by molar-refractivity contribution is 0.0144. The molecule has 0 rings (SSSR count). The minimum Gasteiger partial charge on any atom is -0.392 e. The van der Waals surface area contributed by atoms with E-state index in [2.05, 4.69) is 57.4 Å². The molecule has 0 radical (unpaired) electrons. The molecule has 0 aliphatic heterocycles. The van der Waals surface area contributed by atoms with Gasteiger partial charge in [-0.2, -0.15) is 0 Å². The molecule has 16 heavy (non-hydrogen) atoms. The van der Waals surface area contributed by atoms with Crippen LogP contribution in [0.2, 0.25) is 39.3 Å². The Morgan fingerprint density at radius 2 is 1.50 bits per heavy atom. The van der Waals surface area contributed by atoms with Crippen molar-refractivity contribution in [2.75, 3.05) is 0 Å². The maximum Gasteiger partial charge on any atom is 0.260 e. The molecular formula is C10H28ClNOSi3. The van der Waals surface area contributed by atoms with Crippen LogP contribution in [-0.4, -0.2) is 35.5 Å². The summed E-state index contributed by atoms with van der Waals surface area (Å²) >= 11 is 5.93. The lowest BCUT2D eigenvalue weighted by atomic mass is 10.2. The molecule has 0 saturated carbocycles. The van der Waals surface area contributed by atoms with Gasteiger partial charge in [0.05, 0.1) is 5.72 Å². The molecule has 0 saturated heterocycles. The Morgan fingerprint density at radius 1 is 1.12 bits per heavy atom. The summed E-state index contributed by atoms with van der Waals surface area (Å²) in [5.41, 5.74) is -0.136. The van der Waals surface area contributed by atoms with E-state index in [0.717, 1.165) is 6.42 Å². The van der Waals surface area contributed by atoms with Gasteiger partial charge in [-0.05, 0) is 13.3 Å². The van der Waals surface area contributed by atoms with Crippen molar-refractivity contribution in [3.05, 3.63) is 0 Å². The third-order valence-electron chi connectivity index (χ3n) is 2.84. The molecule has 0 fully saturated rings. The summed E-state index contributed by atoms with van der Waals surface area (Å²) in [5.74, 6) is 0. The van der Waals surface area contributed by atoms with Gasteiger partial charge in [-0.3, -0.25) is 0 Å². The van der Waals surface area contributed by atoms with Gasteiger partial charge in [0.15, 0.2) is 0 Å². The zero-order valence-electron chi connectivity index (χ0n) is 12.1. The highest BCUT2D eigenvalue weighted by atomic mass is 35.6. The second-order valence-electron chi connectivity index (χ2n) is 6.46. The third-order valence-corrected chi connectivity index (χ3v) is 11.5. The fourth-order valence-electron chi connectivity index (χ4n) is 2.87. The lowest BCUT2D eigenvalue weighted by Gasteiger charge is -2.54. The fraction of sp³-hybridized carbons (Fsp3) is 1.00. The molecule has 98 valence electrons. The first-order valence-electron chi connectivity index (χ1n) is 5.99. The quantitative estimate of drug-likeness (QED) is 0.423. The zero-order valence-corrected chi connectivity index (χ0v) is 16.3. The van der Waals surface area contributed by atoms with Crippen molar-refractivity contribution >= 4 is 36.6 Å². The van der Waals surface area contributed by atoms with Crippen LogP contribution in [0.25, 0.3) is 0 Å². The summed E-state index contributed by atoms with van der Waals surface area (Å²) in [7, 11) is -3.65. The van der Waals surface area contributed by atoms with Crippen molar-refractivity contribution in [3.8, 4) is 0 Å². The summed E-state index contributed by atoms with van der Waals surface area (Å²) in [6, 6.07) is 0. The van der Waals surface area contributed by atoms with Gasteiger partial charge < -0.3 is 8.66 Å². The van der Waals surface area contributed by atoms with Crippen molar-refractivity contribution in [2.24, 2.45) is 0 Å². The Hall–Kier alpha value is 0.861. The van der Waals surface area contributed by atoms with Crippen molar-refractivity contribution in [3.63, 3.8) is 0 Å². The third kappa shape index (κ3) is 4.27. The first kappa shape index (κ1) is 16.9. The Morgan fingerprint density at radius 3 is 1.69 bits per heavy atom. The van der Waals surface area contributed by atoms with E-state index in [9.17, 15) is 0 Å². The van der Waals surface area contributed by atoms with Crippen LogP contribution in [0.15, 0.2) is 0 Å². The Kier molecular flexibility index (Phi) is 5.97. The van der Waals surface area contributed by atoms with E-state index < -0.39 is 25.5 Å². The van der Waals surface area contributed by atoms with Crippen LogP contribution in [-0.2, 0) is 4.43 Å². The van der Waals surface area contributed by atoms with Crippen LogP contribution in [0, 0.1) is 0 Å². The Balaban J connectivity index is 5.32. The summed E-state index contributed by atoms with van der Waals surface area (Å²) in [6.07, 6.45) is 1.02. The summed E-state index contributed by atoms with van der Waals surface area (Å²) in [4.78, 5) is 0. The van der Waals surface area contributed by atoms with E-state index in [1.807, 2.05) is 0 Å². The van der Waals surface area contributed by atoms with Crippen molar-refractivity contribution in [2.45, 2.75) is 65.3 Å². The molecule has 0 spiro atoms. The van der Waals surface area contributed by atoms with Gasteiger partial charge in [0.25, 0.3) is 9.07 Å². The molecule has 0 aliphatic carbocycles. The normalized spacial score (nSPS) is 18.4. The van der Waals surface area contributed by atoms with Crippen molar-refractivity contribution in [1.29, 1.82) is 0 Å². The van der Waals surface area contributed by atoms with E-state index in [-0.39, 0.29) is 5.72 Å². The van der Waals surface area contributed by atoms with Crippen LogP contribution in [0.1, 0.15) is 20.3 Å². The van der Waals surface area contributed by atoms with Gasteiger partial charge in [0.1, 0.15) is 16.5 Å². The van der Waals surface area contributed by atoms with E-state index in [4.69, 9.17) is 15.5 Å². The molecule has 0 aliphatic rings. The summed E-state index contributed by atoms with van der Waals surface area (Å²) < 4.78 is 8.70. The molecule has 0 aromatic carbocycles. The molecule has 0 aromatic heterocycles. The maximum atomic E-state index is 5.99. The highest BCUT2D eigenvalue weighted by Gasteiger charge is 2.45. The van der Waals surface area contributed by atoms with Crippen molar-refractivity contribution < 1.29 is 4.43 Å². The topological polar surface area (TPSA) is 12.5 Å². The molecule has 1 atom stereocenters. The fourth-order valence-corrected chi connectivity index (χ4v) is 15.7. The highest BCUT2D eigenvalue weighted by Crippen LogP contribution is 2.32. The number of halogens is 1. The summed E-state index contributed by atoms with van der Waals surface area (Å²) in [6.45, 7) is 18.8. The smallest absolute Gasteiger partial charge is 0.260 e. The number of nitrogens with zero attached hydrogens (tertiary/aromatic N) is 1. The van der Waals surface area contributed by atoms with Crippen LogP contribution in [0.4, 0.5) is 0 Å². The largest absolute Gasteiger partial charge is 0.392 e. The lowest BCUT2D eigenvalue weighted by Crippen LogP contribution is -2.69. The first-order chi connectivity index (χ1) is 6.99. The van der Waals surface area contributed by atoms with Crippen LogP contribution >= 0.6 is 11.1 Å². The Labute approximate surface area is 111 Å². The molecule has 2 nitrogen and oxygen atoms in total. The average molecular weight is 298 g/mol. The van der Waals surface area contributed by atoms with Gasteiger partial charge in [0.2, 0.25) is 0 Å². The van der Waals surface area contributed by atoms with E-state index in [0.29, 0.717) is 0 Å². The van der Waals surface area contributed by atoms with Crippen LogP contribution < -0.4 is 0 Å². The first-order valence-corrected chi connectivity index (χ1v) is 15.6. The molecule has 0 heterocycles. The molecule has 0 aromatic rings. The average Bonchev–Trinajstić information content (AvgIpc) is 1.98. The molecular weight excluding hydrogens is 270 g/mol. The molecule has 0 amide bonds. The second kappa shape index (κ2) is 5.67. The van der Waals surface area contributed by atoms with Gasteiger partial charge in [-0.1, -0.05) is 46.2 Å². The maximum absolute atomic E-state index is 5.99. The van der Waals surface area contributed by atoms with Gasteiger partial charge in [-0.15, -0.1) is 11.1 Å². The van der Waals surface area contributed by atoms with Crippen LogP contribution in [0.3, 0.4) is 0 Å². The minimum absolute atomic E-state index is 0.136. The number of rotatable bonds is 6. The number of hydrogen-bond donors (Lipinski definition) is 0. The predicted octanol–water partition coefficient (Wildman–Crippen LogP) is 3.34. The molecule has 0 N–H and O–H groups in total.